The average Bonchev–Trinajstić information content (AvgIpc) is 2.73. The second kappa shape index (κ2) is 5.62. The standard InChI is InChI=1S/C10H13NO4S/c1-2-3-4-7-11-16(13,14)10-6-5-9(8-12)15-10/h2-3,5-6,8,11H,4,7H2,1H3/b3-2+. The smallest absolute Gasteiger partial charge is 0.273 e. The Balaban J connectivity index is 2.66. The van der Waals surface area contributed by atoms with Gasteiger partial charge in [-0.15, -0.1) is 0 Å². The number of hydrogen-bond acceptors (Lipinski definition) is 4. The summed E-state index contributed by atoms with van der Waals surface area (Å²) in [4.78, 5) is 10.3. The van der Waals surface area contributed by atoms with Crippen LogP contribution in [0.4, 0.5) is 0 Å². The van der Waals surface area contributed by atoms with Crippen molar-refractivity contribution in [2.45, 2.75) is 18.4 Å². The zero-order chi connectivity index (χ0) is 12.0. The fourth-order valence-electron chi connectivity index (χ4n) is 1.06. The molecule has 0 saturated heterocycles. The van der Waals surface area contributed by atoms with Crippen LogP contribution in [0.2, 0.25) is 0 Å². The highest BCUT2D eigenvalue weighted by Crippen LogP contribution is 2.11. The molecule has 0 amide bonds. The molecule has 0 aliphatic rings. The summed E-state index contributed by atoms with van der Waals surface area (Å²) in [5.74, 6) is -0.00571. The molecule has 0 bridgehead atoms. The maximum atomic E-state index is 11.6. The van der Waals surface area contributed by atoms with Crippen molar-refractivity contribution in [2.75, 3.05) is 6.54 Å². The lowest BCUT2D eigenvalue weighted by Crippen LogP contribution is -2.24. The number of furan rings is 1. The number of carbonyl (C=O) groups is 1. The number of allylic oxidation sites excluding steroid dienone is 1. The molecule has 0 fully saturated rings. The first-order chi connectivity index (χ1) is 7.60. The van der Waals surface area contributed by atoms with Gasteiger partial charge in [-0.25, -0.2) is 13.1 Å². The third-order valence-corrected chi connectivity index (χ3v) is 3.16. The molecule has 5 nitrogen and oxygen atoms in total. The molecular formula is C10H13NO4S. The van der Waals surface area contributed by atoms with Crippen molar-refractivity contribution in [1.82, 2.24) is 4.72 Å². The molecular weight excluding hydrogens is 230 g/mol. The minimum absolute atomic E-state index is 0.00571. The van der Waals surface area contributed by atoms with Crippen molar-refractivity contribution >= 4 is 16.3 Å². The molecule has 1 heterocycles. The molecule has 1 rings (SSSR count). The van der Waals surface area contributed by atoms with Crippen LogP contribution in [-0.4, -0.2) is 21.2 Å². The molecule has 0 radical (unpaired) electrons. The third-order valence-electron chi connectivity index (χ3n) is 1.82. The van der Waals surface area contributed by atoms with E-state index in [1.54, 1.807) is 0 Å². The van der Waals surface area contributed by atoms with Crippen LogP contribution in [0.1, 0.15) is 23.9 Å². The maximum absolute atomic E-state index is 11.6. The first-order valence-corrected chi connectivity index (χ1v) is 6.24. The van der Waals surface area contributed by atoms with Gasteiger partial charge in [0.05, 0.1) is 0 Å². The van der Waals surface area contributed by atoms with Crippen LogP contribution in [0.3, 0.4) is 0 Å². The molecule has 88 valence electrons. The van der Waals surface area contributed by atoms with E-state index in [1.165, 1.54) is 12.1 Å². The van der Waals surface area contributed by atoms with E-state index in [2.05, 4.69) is 4.72 Å². The summed E-state index contributed by atoms with van der Waals surface area (Å²) in [6.45, 7) is 2.15. The van der Waals surface area contributed by atoms with Gasteiger partial charge in [-0.1, -0.05) is 12.2 Å². The van der Waals surface area contributed by atoms with Gasteiger partial charge < -0.3 is 4.42 Å². The molecule has 0 atom stereocenters. The number of nitrogens with one attached hydrogen (secondary N) is 1. The summed E-state index contributed by atoms with van der Waals surface area (Å²) in [6, 6.07) is 2.56. The van der Waals surface area contributed by atoms with Gasteiger partial charge in [0.1, 0.15) is 0 Å². The van der Waals surface area contributed by atoms with E-state index in [4.69, 9.17) is 4.42 Å². The lowest BCUT2D eigenvalue weighted by atomic mass is 10.4. The predicted octanol–water partition coefficient (Wildman–Crippen LogP) is 1.34. The Labute approximate surface area is 94.2 Å². The normalized spacial score (nSPS) is 12.1. The van der Waals surface area contributed by atoms with E-state index in [0.29, 0.717) is 19.3 Å². The average molecular weight is 243 g/mol. The van der Waals surface area contributed by atoms with Gasteiger partial charge in [-0.05, 0) is 25.5 Å². The van der Waals surface area contributed by atoms with E-state index < -0.39 is 10.0 Å². The Morgan fingerprint density at radius 1 is 1.44 bits per heavy atom. The van der Waals surface area contributed by atoms with Crippen molar-refractivity contribution < 1.29 is 17.6 Å². The molecule has 1 aromatic heterocycles. The van der Waals surface area contributed by atoms with E-state index in [-0.39, 0.29) is 10.9 Å². The number of carbonyl (C=O) groups excluding carboxylic acids is 1. The van der Waals surface area contributed by atoms with Crippen LogP contribution in [0.5, 0.6) is 0 Å². The van der Waals surface area contributed by atoms with Gasteiger partial charge in [0, 0.05) is 6.54 Å². The number of sulfonamides is 1. The van der Waals surface area contributed by atoms with Gasteiger partial charge in [-0.2, -0.15) is 0 Å². The lowest BCUT2D eigenvalue weighted by molar-refractivity contribution is 0.109. The van der Waals surface area contributed by atoms with Crippen LogP contribution >= 0.6 is 0 Å². The highest BCUT2D eigenvalue weighted by molar-refractivity contribution is 7.89. The van der Waals surface area contributed by atoms with Crippen LogP contribution in [0.15, 0.2) is 33.8 Å². The zero-order valence-corrected chi connectivity index (χ0v) is 9.66. The Bertz CT molecular complexity index is 473. The van der Waals surface area contributed by atoms with Crippen molar-refractivity contribution in [3.63, 3.8) is 0 Å². The first kappa shape index (κ1) is 12.7. The van der Waals surface area contributed by atoms with E-state index in [9.17, 15) is 13.2 Å². The number of rotatable bonds is 6. The minimum atomic E-state index is -3.64. The second-order valence-corrected chi connectivity index (χ2v) is 4.73. The van der Waals surface area contributed by atoms with Crippen LogP contribution < -0.4 is 4.72 Å². The van der Waals surface area contributed by atoms with Crippen molar-refractivity contribution in [1.29, 1.82) is 0 Å². The molecule has 0 aromatic carbocycles. The quantitative estimate of drug-likeness (QED) is 0.464. The monoisotopic (exact) mass is 243 g/mol. The molecule has 0 unspecified atom stereocenters. The summed E-state index contributed by atoms with van der Waals surface area (Å²) in [5, 5.41) is -0.241. The Kier molecular flexibility index (Phi) is 4.45. The third kappa shape index (κ3) is 3.32. The molecule has 0 aliphatic carbocycles. The number of aldehydes is 1. The van der Waals surface area contributed by atoms with Gasteiger partial charge in [0.25, 0.3) is 10.0 Å². The molecule has 1 aromatic rings. The Morgan fingerprint density at radius 3 is 2.75 bits per heavy atom. The zero-order valence-electron chi connectivity index (χ0n) is 8.84. The van der Waals surface area contributed by atoms with Crippen LogP contribution in [-0.2, 0) is 10.0 Å². The SMILES string of the molecule is C/C=C/CCNS(=O)(=O)c1ccc(C=O)o1. The van der Waals surface area contributed by atoms with E-state index in [1.807, 2.05) is 19.1 Å². The van der Waals surface area contributed by atoms with Gasteiger partial charge in [0.15, 0.2) is 12.0 Å². The molecule has 6 heteroatoms. The second-order valence-electron chi connectivity index (χ2n) is 3.03. The van der Waals surface area contributed by atoms with E-state index >= 15 is 0 Å². The van der Waals surface area contributed by atoms with E-state index in [0.717, 1.165) is 0 Å². The topological polar surface area (TPSA) is 76.4 Å². The lowest BCUT2D eigenvalue weighted by Gasteiger charge is -2.01. The Morgan fingerprint density at radius 2 is 2.19 bits per heavy atom. The van der Waals surface area contributed by atoms with Crippen molar-refractivity contribution in [2.24, 2.45) is 0 Å². The molecule has 1 N–H and O–H groups in total. The predicted molar refractivity (Wildman–Crippen MR) is 58.7 cm³/mol. The largest absolute Gasteiger partial charge is 0.440 e. The van der Waals surface area contributed by atoms with Crippen molar-refractivity contribution in [3.8, 4) is 0 Å². The maximum Gasteiger partial charge on any atom is 0.273 e. The fraction of sp³-hybridized carbons (Fsp3) is 0.300. The Hall–Kier alpha value is -1.40. The fourth-order valence-corrected chi connectivity index (χ4v) is 2.04. The first-order valence-electron chi connectivity index (χ1n) is 4.76. The highest BCUT2D eigenvalue weighted by atomic mass is 32.2. The van der Waals surface area contributed by atoms with Crippen molar-refractivity contribution in [3.05, 3.63) is 30.0 Å². The molecule has 16 heavy (non-hydrogen) atoms. The summed E-state index contributed by atoms with van der Waals surface area (Å²) in [6.07, 6.45) is 4.75. The van der Waals surface area contributed by atoms with Crippen LogP contribution in [0.25, 0.3) is 0 Å². The van der Waals surface area contributed by atoms with Gasteiger partial charge >= 0.3 is 0 Å². The molecule has 0 spiro atoms. The summed E-state index contributed by atoms with van der Waals surface area (Å²) < 4.78 is 30.3. The summed E-state index contributed by atoms with van der Waals surface area (Å²) in [5.41, 5.74) is 0. The van der Waals surface area contributed by atoms with Gasteiger partial charge in [0.2, 0.25) is 5.09 Å². The van der Waals surface area contributed by atoms with Gasteiger partial charge in [-0.3, -0.25) is 4.79 Å². The highest BCUT2D eigenvalue weighted by Gasteiger charge is 2.17. The molecule has 0 saturated carbocycles. The number of hydrogen-bond donors (Lipinski definition) is 1. The van der Waals surface area contributed by atoms with Crippen LogP contribution in [0, 0.1) is 0 Å². The minimum Gasteiger partial charge on any atom is -0.440 e. The molecule has 0 aliphatic heterocycles. The summed E-state index contributed by atoms with van der Waals surface area (Å²) in [7, 11) is -3.64. The summed E-state index contributed by atoms with van der Waals surface area (Å²) >= 11 is 0.